The van der Waals surface area contributed by atoms with Gasteiger partial charge in [-0.15, -0.1) is 0 Å². The Morgan fingerprint density at radius 2 is 1.80 bits per heavy atom. The van der Waals surface area contributed by atoms with Gasteiger partial charge in [-0.05, 0) is 12.1 Å². The highest BCUT2D eigenvalue weighted by atomic mass is 16.5. The van der Waals surface area contributed by atoms with Gasteiger partial charge < -0.3 is 25.3 Å². The van der Waals surface area contributed by atoms with E-state index in [0.29, 0.717) is 36.6 Å². The van der Waals surface area contributed by atoms with Crippen molar-refractivity contribution in [1.82, 2.24) is 29.5 Å². The number of aryl methyl sites for hydroxylation is 1. The van der Waals surface area contributed by atoms with Crippen molar-refractivity contribution in [1.29, 1.82) is 0 Å². The number of hydrogen-bond acceptors (Lipinski definition) is 9. The van der Waals surface area contributed by atoms with Gasteiger partial charge in [-0.25, -0.2) is 19.9 Å². The number of morpholine rings is 1. The van der Waals surface area contributed by atoms with E-state index in [9.17, 15) is 0 Å². The Hall–Kier alpha value is -3.79. The van der Waals surface area contributed by atoms with E-state index in [4.69, 9.17) is 20.4 Å². The Labute approximate surface area is 172 Å². The highest BCUT2D eigenvalue weighted by molar-refractivity contribution is 5.79. The summed E-state index contributed by atoms with van der Waals surface area (Å²) in [5, 5.41) is 3.34. The predicted octanol–water partition coefficient (Wildman–Crippen LogP) is 1.98. The third kappa shape index (κ3) is 3.48. The number of rotatable bonds is 4. The topological polar surface area (TPSA) is 120 Å². The van der Waals surface area contributed by atoms with Gasteiger partial charge >= 0.3 is 0 Å². The number of ether oxygens (including phenoxy) is 1. The summed E-state index contributed by atoms with van der Waals surface area (Å²) < 4.78 is 7.46. The molecule has 0 spiro atoms. The summed E-state index contributed by atoms with van der Waals surface area (Å²) in [5.41, 5.74) is 9.05. The molecule has 152 valence electrons. The minimum atomic E-state index is 0.222. The first-order chi connectivity index (χ1) is 14.7. The van der Waals surface area contributed by atoms with Crippen LogP contribution in [0.2, 0.25) is 0 Å². The number of aromatic nitrogens is 6. The summed E-state index contributed by atoms with van der Waals surface area (Å²) in [6, 6.07) is 9.84. The van der Waals surface area contributed by atoms with Gasteiger partial charge in [0, 0.05) is 44.2 Å². The minimum absolute atomic E-state index is 0.222. The number of nitrogens with zero attached hydrogens (tertiary/aromatic N) is 7. The zero-order valence-corrected chi connectivity index (χ0v) is 16.5. The van der Waals surface area contributed by atoms with Gasteiger partial charge in [0.05, 0.1) is 29.9 Å². The zero-order valence-electron chi connectivity index (χ0n) is 16.5. The molecule has 0 bridgehead atoms. The van der Waals surface area contributed by atoms with E-state index < -0.39 is 0 Å². The van der Waals surface area contributed by atoms with E-state index in [0.717, 1.165) is 29.7 Å². The number of nitrogens with one attached hydrogen (secondary N) is 1. The van der Waals surface area contributed by atoms with E-state index >= 15 is 0 Å². The van der Waals surface area contributed by atoms with Crippen LogP contribution in [0, 0.1) is 0 Å². The Balaban J connectivity index is 1.56. The van der Waals surface area contributed by atoms with Crippen LogP contribution in [-0.4, -0.2) is 55.8 Å². The molecule has 1 fully saturated rings. The average molecular weight is 403 g/mol. The van der Waals surface area contributed by atoms with Gasteiger partial charge in [-0.2, -0.15) is 4.98 Å². The molecule has 0 saturated carbocycles. The van der Waals surface area contributed by atoms with Crippen molar-refractivity contribution in [2.24, 2.45) is 7.05 Å². The molecule has 0 atom stereocenters. The second-order valence-corrected chi connectivity index (χ2v) is 6.98. The van der Waals surface area contributed by atoms with Crippen molar-refractivity contribution in [3.05, 3.63) is 42.7 Å². The summed E-state index contributed by atoms with van der Waals surface area (Å²) in [7, 11) is 1.97. The maximum atomic E-state index is 5.64. The van der Waals surface area contributed by atoms with Crippen LogP contribution in [0.4, 0.5) is 23.7 Å². The van der Waals surface area contributed by atoms with Gasteiger partial charge in [0.25, 0.3) is 0 Å². The normalized spacial score (nSPS) is 14.2. The van der Waals surface area contributed by atoms with E-state index in [1.807, 2.05) is 41.9 Å². The summed E-state index contributed by atoms with van der Waals surface area (Å²) in [4.78, 5) is 24.4. The SMILES string of the molecule is Cn1c(Nc2cc(-c3cnc(N)nc3)nc(N3CCOCC3)n2)nc2ccccc21. The summed E-state index contributed by atoms with van der Waals surface area (Å²) >= 11 is 0. The van der Waals surface area contributed by atoms with Gasteiger partial charge in [0.1, 0.15) is 5.82 Å². The number of nitrogens with two attached hydrogens (primary N) is 1. The van der Waals surface area contributed by atoms with Crippen LogP contribution >= 0.6 is 0 Å². The predicted molar refractivity (Wildman–Crippen MR) is 114 cm³/mol. The Bertz CT molecular complexity index is 1180. The number of anilines is 4. The lowest BCUT2D eigenvalue weighted by molar-refractivity contribution is 0.122. The molecule has 0 radical (unpaired) electrons. The second-order valence-electron chi connectivity index (χ2n) is 6.98. The molecular weight excluding hydrogens is 382 g/mol. The highest BCUT2D eigenvalue weighted by Crippen LogP contribution is 2.26. The molecule has 1 aromatic carbocycles. The molecule has 5 rings (SSSR count). The zero-order chi connectivity index (χ0) is 20.5. The smallest absolute Gasteiger partial charge is 0.228 e. The lowest BCUT2D eigenvalue weighted by Crippen LogP contribution is -2.37. The van der Waals surface area contributed by atoms with Crippen molar-refractivity contribution in [2.75, 3.05) is 42.3 Å². The van der Waals surface area contributed by atoms with Crippen LogP contribution in [0.5, 0.6) is 0 Å². The van der Waals surface area contributed by atoms with E-state index in [-0.39, 0.29) is 5.95 Å². The van der Waals surface area contributed by atoms with Crippen molar-refractivity contribution in [3.8, 4) is 11.3 Å². The maximum absolute atomic E-state index is 5.64. The summed E-state index contributed by atoms with van der Waals surface area (Å²) in [5.74, 6) is 2.17. The average Bonchev–Trinajstić information content (AvgIpc) is 3.10. The third-order valence-corrected chi connectivity index (χ3v) is 5.00. The Kier molecular flexibility index (Phi) is 4.60. The van der Waals surface area contributed by atoms with Crippen LogP contribution in [0.3, 0.4) is 0 Å². The molecule has 30 heavy (non-hydrogen) atoms. The number of fused-ring (bicyclic) bond motifs is 1. The first kappa shape index (κ1) is 18.3. The molecule has 10 nitrogen and oxygen atoms in total. The Morgan fingerprint density at radius 3 is 2.57 bits per heavy atom. The lowest BCUT2D eigenvalue weighted by atomic mass is 10.2. The molecular formula is C20H21N9O. The number of para-hydroxylation sites is 2. The monoisotopic (exact) mass is 403 g/mol. The van der Waals surface area contributed by atoms with Gasteiger partial charge in [0.2, 0.25) is 17.8 Å². The second kappa shape index (κ2) is 7.56. The molecule has 3 aromatic heterocycles. The highest BCUT2D eigenvalue weighted by Gasteiger charge is 2.18. The Morgan fingerprint density at radius 1 is 1.03 bits per heavy atom. The molecule has 3 N–H and O–H groups in total. The lowest BCUT2D eigenvalue weighted by Gasteiger charge is -2.27. The molecule has 0 aliphatic carbocycles. The number of imidazole rings is 1. The summed E-state index contributed by atoms with van der Waals surface area (Å²) in [6.45, 7) is 2.75. The molecule has 1 aliphatic rings. The van der Waals surface area contributed by atoms with Crippen molar-refractivity contribution < 1.29 is 4.74 Å². The summed E-state index contributed by atoms with van der Waals surface area (Å²) in [6.07, 6.45) is 3.32. The molecule has 4 aromatic rings. The molecule has 1 aliphatic heterocycles. The molecule has 10 heteroatoms. The van der Waals surface area contributed by atoms with Crippen LogP contribution in [0.25, 0.3) is 22.3 Å². The maximum Gasteiger partial charge on any atom is 0.228 e. The van der Waals surface area contributed by atoms with Gasteiger partial charge in [0.15, 0.2) is 0 Å². The van der Waals surface area contributed by atoms with Crippen molar-refractivity contribution in [3.63, 3.8) is 0 Å². The van der Waals surface area contributed by atoms with Crippen LogP contribution in [0.15, 0.2) is 42.7 Å². The number of hydrogen-bond donors (Lipinski definition) is 2. The van der Waals surface area contributed by atoms with Crippen molar-refractivity contribution >= 4 is 34.7 Å². The standard InChI is InChI=1S/C20H21N9O/c1-28-16-5-3-2-4-14(16)24-19(28)26-17-10-15(13-11-22-18(21)23-12-13)25-20(27-17)29-6-8-30-9-7-29/h2-5,10-12H,6-9H2,1H3,(H2,21,22,23)(H,24,25,26,27). The minimum Gasteiger partial charge on any atom is -0.378 e. The fourth-order valence-electron chi connectivity index (χ4n) is 3.39. The fraction of sp³-hybridized carbons (Fsp3) is 0.250. The van der Waals surface area contributed by atoms with E-state index in [1.165, 1.54) is 0 Å². The van der Waals surface area contributed by atoms with E-state index in [1.54, 1.807) is 12.4 Å². The largest absolute Gasteiger partial charge is 0.378 e. The number of benzene rings is 1. The third-order valence-electron chi connectivity index (χ3n) is 5.00. The fourth-order valence-corrected chi connectivity index (χ4v) is 3.39. The quantitative estimate of drug-likeness (QED) is 0.527. The number of nitrogen functional groups attached to an aromatic ring is 1. The van der Waals surface area contributed by atoms with Crippen molar-refractivity contribution in [2.45, 2.75) is 0 Å². The van der Waals surface area contributed by atoms with Crippen LogP contribution in [0.1, 0.15) is 0 Å². The first-order valence-electron chi connectivity index (χ1n) is 9.65. The van der Waals surface area contributed by atoms with Crippen LogP contribution in [-0.2, 0) is 11.8 Å². The van der Waals surface area contributed by atoms with Gasteiger partial charge in [-0.1, -0.05) is 12.1 Å². The van der Waals surface area contributed by atoms with E-state index in [2.05, 4.69) is 25.2 Å². The molecule has 0 amide bonds. The molecule has 4 heterocycles. The molecule has 1 saturated heterocycles. The van der Waals surface area contributed by atoms with Crippen LogP contribution < -0.4 is 16.0 Å². The van der Waals surface area contributed by atoms with Gasteiger partial charge in [-0.3, -0.25) is 0 Å². The first-order valence-corrected chi connectivity index (χ1v) is 9.65. The molecule has 0 unspecified atom stereocenters.